The molecule has 0 unspecified atom stereocenters. The van der Waals surface area contributed by atoms with E-state index in [0.717, 1.165) is 12.8 Å². The van der Waals surface area contributed by atoms with Crippen LogP contribution < -0.4 is 10.9 Å². The van der Waals surface area contributed by atoms with Crippen molar-refractivity contribution in [2.45, 2.75) is 12.8 Å². The van der Waals surface area contributed by atoms with Crippen molar-refractivity contribution in [2.24, 2.45) is 13.0 Å². The number of carbonyl (C=O) groups is 2. The number of rotatable bonds is 4. The molecule has 0 atom stereocenters. The second kappa shape index (κ2) is 7.33. The van der Waals surface area contributed by atoms with E-state index >= 15 is 0 Å². The molecule has 2 aromatic rings. The van der Waals surface area contributed by atoms with E-state index in [2.05, 4.69) is 15.3 Å². The van der Waals surface area contributed by atoms with Crippen LogP contribution in [0.1, 0.15) is 33.8 Å². The molecule has 2 amide bonds. The molecular weight excluding hydrogens is 322 g/mol. The average molecular weight is 343 g/mol. The second-order valence-corrected chi connectivity index (χ2v) is 6.26. The first kappa shape index (κ1) is 16.9. The van der Waals surface area contributed by atoms with Gasteiger partial charge in [-0.15, -0.1) is 0 Å². The molecule has 2 N–H and O–H groups in total. The maximum Gasteiger partial charge on any atom is 0.270 e. The summed E-state index contributed by atoms with van der Waals surface area (Å²) in [6, 6.07) is 4.57. The molecule has 1 fully saturated rings. The van der Waals surface area contributed by atoms with Gasteiger partial charge in [0.1, 0.15) is 11.4 Å². The SMILES string of the molecule is Cn1cncc1C(=O)NCC1CCN(C(=O)c2cccc(=O)[nH]2)CC1. The Morgan fingerprint density at radius 3 is 2.72 bits per heavy atom. The van der Waals surface area contributed by atoms with Gasteiger partial charge in [-0.25, -0.2) is 4.98 Å². The van der Waals surface area contributed by atoms with Gasteiger partial charge >= 0.3 is 0 Å². The van der Waals surface area contributed by atoms with Crippen molar-refractivity contribution in [1.82, 2.24) is 24.8 Å². The third-order valence-corrected chi connectivity index (χ3v) is 4.50. The van der Waals surface area contributed by atoms with E-state index in [0.29, 0.717) is 36.9 Å². The summed E-state index contributed by atoms with van der Waals surface area (Å²) in [6.45, 7) is 1.80. The Morgan fingerprint density at radius 2 is 2.08 bits per heavy atom. The van der Waals surface area contributed by atoms with Crippen LogP contribution in [-0.2, 0) is 7.05 Å². The molecule has 0 bridgehead atoms. The van der Waals surface area contributed by atoms with Crippen molar-refractivity contribution in [1.29, 1.82) is 0 Å². The first-order chi connectivity index (χ1) is 12.0. The number of H-pyrrole nitrogens is 1. The number of hydrogen-bond donors (Lipinski definition) is 2. The third kappa shape index (κ3) is 3.96. The summed E-state index contributed by atoms with van der Waals surface area (Å²) < 4.78 is 1.68. The highest BCUT2D eigenvalue weighted by Crippen LogP contribution is 2.18. The Labute approximate surface area is 144 Å². The van der Waals surface area contributed by atoms with Crippen molar-refractivity contribution in [3.63, 3.8) is 0 Å². The number of likely N-dealkylation sites (tertiary alicyclic amines) is 1. The molecule has 132 valence electrons. The monoisotopic (exact) mass is 343 g/mol. The molecule has 25 heavy (non-hydrogen) atoms. The molecule has 2 aromatic heterocycles. The third-order valence-electron chi connectivity index (χ3n) is 4.50. The highest BCUT2D eigenvalue weighted by molar-refractivity contribution is 5.92. The fourth-order valence-electron chi connectivity index (χ4n) is 2.99. The van der Waals surface area contributed by atoms with Crippen LogP contribution in [0.4, 0.5) is 0 Å². The Bertz CT molecular complexity index is 817. The number of nitrogens with zero attached hydrogens (tertiary/aromatic N) is 3. The summed E-state index contributed by atoms with van der Waals surface area (Å²) in [5.41, 5.74) is 0.565. The summed E-state index contributed by atoms with van der Waals surface area (Å²) in [5.74, 6) is 0.0338. The number of imidazole rings is 1. The molecule has 3 heterocycles. The standard InChI is InChI=1S/C17H21N5O3/c1-21-11-18-10-14(21)16(24)19-9-12-5-7-22(8-6-12)17(25)13-3-2-4-15(23)20-13/h2-4,10-12H,5-9H2,1H3,(H,19,24)(H,20,23). The highest BCUT2D eigenvalue weighted by Gasteiger charge is 2.24. The predicted octanol–water partition coefficient (Wildman–Crippen LogP) is 0.391. The van der Waals surface area contributed by atoms with Crippen molar-refractivity contribution < 1.29 is 9.59 Å². The largest absolute Gasteiger partial charge is 0.350 e. The maximum atomic E-state index is 12.4. The van der Waals surface area contributed by atoms with E-state index in [4.69, 9.17) is 0 Å². The molecule has 0 spiro atoms. The lowest BCUT2D eigenvalue weighted by Gasteiger charge is -2.32. The van der Waals surface area contributed by atoms with Crippen LogP contribution >= 0.6 is 0 Å². The molecule has 8 heteroatoms. The lowest BCUT2D eigenvalue weighted by molar-refractivity contribution is 0.0678. The summed E-state index contributed by atoms with van der Waals surface area (Å²) in [7, 11) is 1.78. The van der Waals surface area contributed by atoms with Gasteiger partial charge in [-0.05, 0) is 24.8 Å². The molecule has 1 aliphatic rings. The minimum Gasteiger partial charge on any atom is -0.350 e. The van der Waals surface area contributed by atoms with E-state index in [1.165, 1.54) is 12.3 Å². The lowest BCUT2D eigenvalue weighted by atomic mass is 9.96. The van der Waals surface area contributed by atoms with Gasteiger partial charge in [-0.1, -0.05) is 6.07 Å². The average Bonchev–Trinajstić information content (AvgIpc) is 3.05. The van der Waals surface area contributed by atoms with Gasteiger partial charge in [0.25, 0.3) is 11.8 Å². The summed E-state index contributed by atoms with van der Waals surface area (Å²) in [5, 5.41) is 2.93. The van der Waals surface area contributed by atoms with Gasteiger partial charge < -0.3 is 19.8 Å². The van der Waals surface area contributed by atoms with Crippen LogP contribution in [0.15, 0.2) is 35.5 Å². The molecule has 1 aliphatic heterocycles. The van der Waals surface area contributed by atoms with Crippen molar-refractivity contribution in [2.75, 3.05) is 19.6 Å². The van der Waals surface area contributed by atoms with Crippen LogP contribution in [-0.4, -0.2) is 50.9 Å². The minimum atomic E-state index is -0.279. The summed E-state index contributed by atoms with van der Waals surface area (Å²) >= 11 is 0. The topological polar surface area (TPSA) is 100 Å². The van der Waals surface area contributed by atoms with E-state index in [-0.39, 0.29) is 17.4 Å². The normalized spacial score (nSPS) is 15.2. The Balaban J connectivity index is 1.49. The molecule has 0 aliphatic carbocycles. The number of amides is 2. The number of aromatic amines is 1. The first-order valence-corrected chi connectivity index (χ1v) is 8.27. The zero-order valence-corrected chi connectivity index (χ0v) is 14.1. The molecule has 0 aromatic carbocycles. The Kier molecular flexibility index (Phi) is 4.97. The zero-order valence-electron chi connectivity index (χ0n) is 14.1. The summed E-state index contributed by atoms with van der Waals surface area (Å²) in [4.78, 5) is 44.0. The first-order valence-electron chi connectivity index (χ1n) is 8.27. The van der Waals surface area contributed by atoms with Crippen LogP contribution in [0, 0.1) is 5.92 Å². The van der Waals surface area contributed by atoms with Gasteiger partial charge in [0.2, 0.25) is 5.56 Å². The lowest BCUT2D eigenvalue weighted by Crippen LogP contribution is -2.42. The fraction of sp³-hybridized carbons (Fsp3) is 0.412. The number of aromatic nitrogens is 3. The smallest absolute Gasteiger partial charge is 0.270 e. The minimum absolute atomic E-state index is 0.139. The van der Waals surface area contributed by atoms with Gasteiger partial charge in [-0.2, -0.15) is 0 Å². The van der Waals surface area contributed by atoms with E-state index in [1.807, 2.05) is 0 Å². The molecule has 1 saturated heterocycles. The van der Waals surface area contributed by atoms with E-state index < -0.39 is 0 Å². The molecule has 0 radical (unpaired) electrons. The van der Waals surface area contributed by atoms with Gasteiger partial charge in [0.05, 0.1) is 12.5 Å². The molecule has 0 saturated carbocycles. The number of piperidine rings is 1. The summed E-state index contributed by atoms with van der Waals surface area (Å²) in [6.07, 6.45) is 4.76. The number of aryl methyl sites for hydroxylation is 1. The van der Waals surface area contributed by atoms with Gasteiger partial charge in [-0.3, -0.25) is 14.4 Å². The predicted molar refractivity (Wildman–Crippen MR) is 91.2 cm³/mol. The molecule has 3 rings (SSSR count). The number of nitrogens with one attached hydrogen (secondary N) is 2. The molecular formula is C17H21N5O3. The highest BCUT2D eigenvalue weighted by atomic mass is 16.2. The van der Waals surface area contributed by atoms with Crippen LogP contribution in [0.5, 0.6) is 0 Å². The van der Waals surface area contributed by atoms with E-state index in [1.54, 1.807) is 35.0 Å². The number of pyridine rings is 1. The fourth-order valence-corrected chi connectivity index (χ4v) is 2.99. The maximum absolute atomic E-state index is 12.4. The number of carbonyl (C=O) groups excluding carboxylic acids is 2. The zero-order chi connectivity index (χ0) is 17.8. The van der Waals surface area contributed by atoms with Crippen LogP contribution in [0.3, 0.4) is 0 Å². The van der Waals surface area contributed by atoms with Crippen molar-refractivity contribution >= 4 is 11.8 Å². The van der Waals surface area contributed by atoms with E-state index in [9.17, 15) is 14.4 Å². The van der Waals surface area contributed by atoms with Gasteiger partial charge in [0, 0.05) is 32.7 Å². The molecule has 8 nitrogen and oxygen atoms in total. The Hall–Kier alpha value is -2.90. The van der Waals surface area contributed by atoms with Crippen LogP contribution in [0.2, 0.25) is 0 Å². The number of hydrogen-bond acceptors (Lipinski definition) is 4. The van der Waals surface area contributed by atoms with Crippen LogP contribution in [0.25, 0.3) is 0 Å². The quantitative estimate of drug-likeness (QED) is 0.839. The van der Waals surface area contributed by atoms with Gasteiger partial charge in [0.15, 0.2) is 0 Å². The van der Waals surface area contributed by atoms with Crippen molar-refractivity contribution in [3.8, 4) is 0 Å². The van der Waals surface area contributed by atoms with Crippen molar-refractivity contribution in [3.05, 3.63) is 52.5 Å². The Morgan fingerprint density at radius 1 is 1.32 bits per heavy atom. The second-order valence-electron chi connectivity index (χ2n) is 6.26.